The van der Waals surface area contributed by atoms with E-state index in [2.05, 4.69) is 10.6 Å². The predicted octanol–water partition coefficient (Wildman–Crippen LogP) is 0.0928. The van der Waals surface area contributed by atoms with Crippen LogP contribution in [0.25, 0.3) is 0 Å². The van der Waals surface area contributed by atoms with E-state index in [-0.39, 0.29) is 43.2 Å². The van der Waals surface area contributed by atoms with Crippen LogP contribution in [-0.4, -0.2) is 55.1 Å². The van der Waals surface area contributed by atoms with Crippen molar-refractivity contribution in [3.05, 3.63) is 0 Å². The SMILES string of the molecule is CC(C)NC(=O)CC1NCCN(CCF)C1=O.Cl. The summed E-state index contributed by atoms with van der Waals surface area (Å²) in [5.74, 6) is -0.347. The molecular weight excluding hydrogens is 261 g/mol. The third kappa shape index (κ3) is 5.18. The molecule has 1 rings (SSSR count). The van der Waals surface area contributed by atoms with Crippen LogP contribution in [0, 0.1) is 0 Å². The van der Waals surface area contributed by atoms with Crippen molar-refractivity contribution < 1.29 is 14.0 Å². The van der Waals surface area contributed by atoms with E-state index in [9.17, 15) is 14.0 Å². The molecule has 0 aromatic heterocycles. The molecule has 2 amide bonds. The van der Waals surface area contributed by atoms with Crippen LogP contribution < -0.4 is 10.6 Å². The Morgan fingerprint density at radius 1 is 1.61 bits per heavy atom. The zero-order valence-electron chi connectivity index (χ0n) is 10.7. The van der Waals surface area contributed by atoms with Gasteiger partial charge in [0.15, 0.2) is 0 Å². The first kappa shape index (κ1) is 17.1. The van der Waals surface area contributed by atoms with Gasteiger partial charge in [-0.25, -0.2) is 4.39 Å². The maximum Gasteiger partial charge on any atom is 0.240 e. The van der Waals surface area contributed by atoms with E-state index in [1.165, 1.54) is 4.90 Å². The van der Waals surface area contributed by atoms with Crippen molar-refractivity contribution in [3.8, 4) is 0 Å². The highest BCUT2D eigenvalue weighted by Gasteiger charge is 2.29. The summed E-state index contributed by atoms with van der Waals surface area (Å²) in [5.41, 5.74) is 0. The molecule has 0 bridgehead atoms. The molecule has 0 aliphatic carbocycles. The summed E-state index contributed by atoms with van der Waals surface area (Å²) >= 11 is 0. The van der Waals surface area contributed by atoms with Crippen molar-refractivity contribution in [1.82, 2.24) is 15.5 Å². The maximum absolute atomic E-state index is 12.2. The molecular formula is C11H21ClFN3O2. The highest BCUT2D eigenvalue weighted by Crippen LogP contribution is 2.05. The van der Waals surface area contributed by atoms with Crippen molar-refractivity contribution in [2.75, 3.05) is 26.3 Å². The van der Waals surface area contributed by atoms with Crippen molar-refractivity contribution in [2.24, 2.45) is 0 Å². The Hall–Kier alpha value is -0.880. The summed E-state index contributed by atoms with van der Waals surface area (Å²) in [5, 5.41) is 5.72. The van der Waals surface area contributed by atoms with E-state index in [4.69, 9.17) is 0 Å². The van der Waals surface area contributed by atoms with Gasteiger partial charge in [-0.2, -0.15) is 0 Å². The number of carbonyl (C=O) groups excluding carboxylic acids is 2. The Balaban J connectivity index is 0.00000289. The number of piperazine rings is 1. The zero-order valence-corrected chi connectivity index (χ0v) is 11.6. The summed E-state index contributed by atoms with van der Waals surface area (Å²) < 4.78 is 12.2. The summed E-state index contributed by atoms with van der Waals surface area (Å²) in [7, 11) is 0. The normalized spacial score (nSPS) is 19.7. The minimum absolute atomic E-state index is 0. The fourth-order valence-electron chi connectivity index (χ4n) is 1.84. The number of alkyl halides is 1. The minimum atomic E-state index is -0.545. The van der Waals surface area contributed by atoms with E-state index in [1.807, 2.05) is 13.8 Å². The summed E-state index contributed by atoms with van der Waals surface area (Å²) in [6.07, 6.45) is 0.111. The number of hydrogen-bond acceptors (Lipinski definition) is 3. The van der Waals surface area contributed by atoms with Gasteiger partial charge >= 0.3 is 0 Å². The number of nitrogens with one attached hydrogen (secondary N) is 2. The summed E-state index contributed by atoms with van der Waals surface area (Å²) in [4.78, 5) is 24.9. The van der Waals surface area contributed by atoms with Crippen LogP contribution in [-0.2, 0) is 9.59 Å². The molecule has 1 saturated heterocycles. The Labute approximate surface area is 113 Å². The number of halogens is 2. The zero-order chi connectivity index (χ0) is 12.8. The topological polar surface area (TPSA) is 61.4 Å². The molecule has 1 atom stereocenters. The average molecular weight is 282 g/mol. The number of hydrogen-bond donors (Lipinski definition) is 2. The first-order chi connectivity index (χ1) is 8.04. The second-order valence-corrected chi connectivity index (χ2v) is 4.45. The van der Waals surface area contributed by atoms with Gasteiger partial charge in [-0.1, -0.05) is 0 Å². The molecule has 0 aromatic carbocycles. The van der Waals surface area contributed by atoms with Gasteiger partial charge in [0, 0.05) is 25.7 Å². The fourth-order valence-corrected chi connectivity index (χ4v) is 1.84. The second kappa shape index (κ2) is 8.26. The number of amides is 2. The number of rotatable bonds is 5. The van der Waals surface area contributed by atoms with Crippen LogP contribution in [0.3, 0.4) is 0 Å². The molecule has 0 saturated carbocycles. The molecule has 1 aliphatic rings. The Kier molecular flexibility index (Phi) is 7.86. The molecule has 0 aromatic rings. The summed E-state index contributed by atoms with van der Waals surface area (Å²) in [6, 6.07) is -0.461. The highest BCUT2D eigenvalue weighted by molar-refractivity contribution is 5.89. The Morgan fingerprint density at radius 3 is 2.83 bits per heavy atom. The van der Waals surface area contributed by atoms with Gasteiger partial charge in [0.1, 0.15) is 6.67 Å². The lowest BCUT2D eigenvalue weighted by molar-refractivity contribution is -0.138. The van der Waals surface area contributed by atoms with Crippen molar-refractivity contribution in [3.63, 3.8) is 0 Å². The van der Waals surface area contributed by atoms with E-state index >= 15 is 0 Å². The number of nitrogens with zero attached hydrogens (tertiary/aromatic N) is 1. The number of carbonyl (C=O) groups is 2. The van der Waals surface area contributed by atoms with Crippen LogP contribution in [0.15, 0.2) is 0 Å². The third-order valence-electron chi connectivity index (χ3n) is 2.58. The first-order valence-corrected chi connectivity index (χ1v) is 5.92. The fraction of sp³-hybridized carbons (Fsp3) is 0.818. The predicted molar refractivity (Wildman–Crippen MR) is 69.5 cm³/mol. The highest BCUT2D eigenvalue weighted by atomic mass is 35.5. The molecule has 2 N–H and O–H groups in total. The van der Waals surface area contributed by atoms with Crippen molar-refractivity contribution in [1.29, 1.82) is 0 Å². The Morgan fingerprint density at radius 2 is 2.28 bits per heavy atom. The molecule has 106 valence electrons. The molecule has 0 spiro atoms. The van der Waals surface area contributed by atoms with Gasteiger partial charge in [-0.15, -0.1) is 12.4 Å². The molecule has 7 heteroatoms. The van der Waals surface area contributed by atoms with Gasteiger partial charge in [-0.3, -0.25) is 9.59 Å². The minimum Gasteiger partial charge on any atom is -0.354 e. The average Bonchev–Trinajstić information content (AvgIpc) is 2.23. The molecule has 0 radical (unpaired) electrons. The molecule has 1 aliphatic heterocycles. The van der Waals surface area contributed by atoms with E-state index in [1.54, 1.807) is 0 Å². The largest absolute Gasteiger partial charge is 0.354 e. The monoisotopic (exact) mass is 281 g/mol. The molecule has 18 heavy (non-hydrogen) atoms. The standard InChI is InChI=1S/C11H20FN3O2.ClH/c1-8(2)14-10(16)7-9-11(17)15(5-3-12)6-4-13-9;/h8-9,13H,3-7H2,1-2H3,(H,14,16);1H. The van der Waals surface area contributed by atoms with Crippen LogP contribution in [0.1, 0.15) is 20.3 Å². The molecule has 1 heterocycles. The van der Waals surface area contributed by atoms with Crippen LogP contribution in [0.5, 0.6) is 0 Å². The van der Waals surface area contributed by atoms with Gasteiger partial charge < -0.3 is 15.5 Å². The van der Waals surface area contributed by atoms with Crippen molar-refractivity contribution >= 4 is 24.2 Å². The first-order valence-electron chi connectivity index (χ1n) is 5.92. The third-order valence-corrected chi connectivity index (χ3v) is 2.58. The quantitative estimate of drug-likeness (QED) is 0.751. The lowest BCUT2D eigenvalue weighted by atomic mass is 10.1. The van der Waals surface area contributed by atoms with E-state index in [0.29, 0.717) is 13.1 Å². The van der Waals surface area contributed by atoms with E-state index in [0.717, 1.165) is 0 Å². The molecule has 5 nitrogen and oxygen atoms in total. The van der Waals surface area contributed by atoms with Crippen LogP contribution in [0.4, 0.5) is 4.39 Å². The maximum atomic E-state index is 12.2. The lowest BCUT2D eigenvalue weighted by Gasteiger charge is -2.32. The van der Waals surface area contributed by atoms with Crippen molar-refractivity contribution in [2.45, 2.75) is 32.4 Å². The van der Waals surface area contributed by atoms with Crippen LogP contribution >= 0.6 is 12.4 Å². The Bertz CT molecular complexity index is 287. The smallest absolute Gasteiger partial charge is 0.240 e. The van der Waals surface area contributed by atoms with Gasteiger partial charge in [0.25, 0.3) is 0 Å². The lowest BCUT2D eigenvalue weighted by Crippen LogP contribution is -2.56. The molecule has 1 unspecified atom stereocenters. The van der Waals surface area contributed by atoms with Gasteiger partial charge in [0.2, 0.25) is 11.8 Å². The van der Waals surface area contributed by atoms with E-state index < -0.39 is 12.7 Å². The van der Waals surface area contributed by atoms with Crippen LogP contribution in [0.2, 0.25) is 0 Å². The van der Waals surface area contributed by atoms with Gasteiger partial charge in [0.05, 0.1) is 12.5 Å². The van der Waals surface area contributed by atoms with Gasteiger partial charge in [-0.05, 0) is 13.8 Å². The molecule has 1 fully saturated rings. The summed E-state index contributed by atoms with van der Waals surface area (Å²) in [6.45, 7) is 4.41. The second-order valence-electron chi connectivity index (χ2n) is 4.45.